The Morgan fingerprint density at radius 1 is 0.354 bits per heavy atom. The Bertz CT molecular complexity index is 1370. The van der Waals surface area contributed by atoms with Crippen molar-refractivity contribution < 1.29 is 24.5 Å². The van der Waals surface area contributed by atoms with Crippen molar-refractivity contribution in [2.45, 2.75) is 379 Å². The number of unbranched alkanes of at least 4 members (excludes halogenated alkanes) is 46. The first-order valence-electron chi connectivity index (χ1n) is 35.1. The van der Waals surface area contributed by atoms with Crippen LogP contribution in [-0.2, 0) is 14.3 Å². The van der Waals surface area contributed by atoms with Gasteiger partial charge in [-0.3, -0.25) is 9.59 Å². The fourth-order valence-corrected chi connectivity index (χ4v) is 10.6. The zero-order chi connectivity index (χ0) is 57.1. The molecule has 0 aliphatic carbocycles. The largest absolute Gasteiger partial charge is 0.466 e. The number of aliphatic hydroxyl groups is 2. The minimum Gasteiger partial charge on any atom is -0.466 e. The molecule has 0 rings (SSSR count). The first-order chi connectivity index (χ1) is 39.0. The molecule has 1 amide bonds. The van der Waals surface area contributed by atoms with Gasteiger partial charge in [0.2, 0.25) is 5.91 Å². The molecule has 0 aliphatic rings. The van der Waals surface area contributed by atoms with Crippen LogP contribution < -0.4 is 5.32 Å². The van der Waals surface area contributed by atoms with Crippen molar-refractivity contribution in [2.75, 3.05) is 13.2 Å². The summed E-state index contributed by atoms with van der Waals surface area (Å²) in [5, 5.41) is 23.2. The number of allylic oxidation sites excluding steroid dienone is 9. The molecular weight excluding hydrogens is 971 g/mol. The van der Waals surface area contributed by atoms with Crippen molar-refractivity contribution in [1.82, 2.24) is 5.32 Å². The number of aliphatic hydroxyl groups excluding tert-OH is 2. The van der Waals surface area contributed by atoms with E-state index < -0.39 is 12.1 Å². The highest BCUT2D eigenvalue weighted by Crippen LogP contribution is 2.17. The minimum atomic E-state index is -0.847. The molecule has 0 heterocycles. The number of carbonyl (C=O) groups excluding carboxylic acids is 2. The number of hydrogen-bond acceptors (Lipinski definition) is 5. The van der Waals surface area contributed by atoms with E-state index in [1.165, 1.54) is 283 Å². The summed E-state index contributed by atoms with van der Waals surface area (Å²) >= 11 is 0. The summed E-state index contributed by atoms with van der Waals surface area (Å²) in [5.74, 6) is -0.0693. The van der Waals surface area contributed by atoms with E-state index in [1.54, 1.807) is 6.08 Å². The number of hydrogen-bond donors (Lipinski definition) is 3. The predicted octanol–water partition coefficient (Wildman–Crippen LogP) is 22.6. The minimum absolute atomic E-state index is 0.00200. The van der Waals surface area contributed by atoms with Gasteiger partial charge >= 0.3 is 5.97 Å². The molecule has 0 aromatic carbocycles. The average molecular weight is 1110 g/mol. The molecule has 2 atom stereocenters. The molecule has 0 saturated heterocycles. The van der Waals surface area contributed by atoms with Gasteiger partial charge in [-0.05, 0) is 96.3 Å². The van der Waals surface area contributed by atoms with Gasteiger partial charge in [0.15, 0.2) is 0 Å². The van der Waals surface area contributed by atoms with Crippen molar-refractivity contribution >= 4 is 11.9 Å². The van der Waals surface area contributed by atoms with E-state index in [9.17, 15) is 19.8 Å². The van der Waals surface area contributed by atoms with Crippen molar-refractivity contribution in [2.24, 2.45) is 0 Å². The van der Waals surface area contributed by atoms with Crippen LogP contribution in [-0.4, -0.2) is 47.4 Å². The standard InChI is InChI=1S/C73H135NO5/c1-3-5-7-9-11-13-15-17-19-34-37-41-45-49-53-57-61-65-71(76)70(69-75)74-72(77)66-62-58-54-50-46-42-38-35-32-30-28-26-24-22-21-23-25-27-29-31-33-36-40-44-48-52-56-60-64-68-79-73(78)67-63-59-55-51-47-43-39-20-18-16-14-12-10-8-6-4-2/h14,16,20-21,23,27,29,39,61,65,70-71,75-76H,3-13,15,17-19,22,24-26,28,30-38,40-60,62-64,66-69H2,1-2H3,(H,74,77)/b16-14-,23-21-,29-27-,39-20-,65-61+. The summed E-state index contributed by atoms with van der Waals surface area (Å²) in [6.07, 6.45) is 90.1. The Hall–Kier alpha value is -2.44. The highest BCUT2D eigenvalue weighted by atomic mass is 16.5. The predicted molar refractivity (Wildman–Crippen MR) is 347 cm³/mol. The van der Waals surface area contributed by atoms with Crippen LogP contribution in [0, 0.1) is 0 Å². The molecule has 3 N–H and O–H groups in total. The second-order valence-electron chi connectivity index (χ2n) is 23.9. The van der Waals surface area contributed by atoms with E-state index >= 15 is 0 Å². The summed E-state index contributed by atoms with van der Waals surface area (Å²) in [5.41, 5.74) is 0. The maximum Gasteiger partial charge on any atom is 0.305 e. The van der Waals surface area contributed by atoms with Crippen LogP contribution >= 0.6 is 0 Å². The lowest BCUT2D eigenvalue weighted by Crippen LogP contribution is -2.45. The maximum absolute atomic E-state index is 12.5. The second kappa shape index (κ2) is 68.1. The first kappa shape index (κ1) is 76.6. The van der Waals surface area contributed by atoms with E-state index in [-0.39, 0.29) is 18.5 Å². The third-order valence-electron chi connectivity index (χ3n) is 16.0. The van der Waals surface area contributed by atoms with Crippen LogP contribution in [0.4, 0.5) is 0 Å². The third-order valence-corrected chi connectivity index (χ3v) is 16.0. The number of amides is 1. The van der Waals surface area contributed by atoms with Gasteiger partial charge in [-0.15, -0.1) is 0 Å². The van der Waals surface area contributed by atoms with Gasteiger partial charge < -0.3 is 20.3 Å². The van der Waals surface area contributed by atoms with Crippen molar-refractivity contribution in [3.63, 3.8) is 0 Å². The number of ether oxygens (including phenoxy) is 1. The highest BCUT2D eigenvalue weighted by Gasteiger charge is 2.18. The smallest absolute Gasteiger partial charge is 0.305 e. The van der Waals surface area contributed by atoms with Crippen LogP contribution in [0.25, 0.3) is 0 Å². The Balaban J connectivity index is 3.43. The Labute approximate surface area is 492 Å². The summed E-state index contributed by atoms with van der Waals surface area (Å²) in [6, 6.07) is -0.630. The monoisotopic (exact) mass is 1110 g/mol. The summed E-state index contributed by atoms with van der Waals surface area (Å²) in [6.45, 7) is 4.90. The van der Waals surface area contributed by atoms with Crippen LogP contribution in [0.3, 0.4) is 0 Å². The van der Waals surface area contributed by atoms with Crippen molar-refractivity contribution in [3.05, 3.63) is 60.8 Å². The zero-order valence-electron chi connectivity index (χ0n) is 52.9. The number of rotatable bonds is 65. The van der Waals surface area contributed by atoms with Crippen LogP contribution in [0.15, 0.2) is 60.8 Å². The molecule has 0 bridgehead atoms. The van der Waals surface area contributed by atoms with Gasteiger partial charge in [0.1, 0.15) is 0 Å². The Morgan fingerprint density at radius 3 is 0.975 bits per heavy atom. The van der Waals surface area contributed by atoms with Crippen LogP contribution in [0.5, 0.6) is 0 Å². The van der Waals surface area contributed by atoms with Crippen molar-refractivity contribution in [1.29, 1.82) is 0 Å². The lowest BCUT2D eigenvalue weighted by molar-refractivity contribution is -0.143. The molecule has 0 saturated carbocycles. The average Bonchev–Trinajstić information content (AvgIpc) is 3.45. The summed E-state index contributed by atoms with van der Waals surface area (Å²) < 4.78 is 5.48. The quantitative estimate of drug-likeness (QED) is 0.0320. The Morgan fingerprint density at radius 2 is 0.633 bits per heavy atom. The second-order valence-corrected chi connectivity index (χ2v) is 23.9. The molecule has 6 heteroatoms. The Kier molecular flexibility index (Phi) is 66.0. The van der Waals surface area contributed by atoms with E-state index in [2.05, 4.69) is 67.8 Å². The highest BCUT2D eigenvalue weighted by molar-refractivity contribution is 5.76. The van der Waals surface area contributed by atoms with Crippen molar-refractivity contribution in [3.8, 4) is 0 Å². The van der Waals surface area contributed by atoms with Gasteiger partial charge in [0.05, 0.1) is 25.4 Å². The first-order valence-corrected chi connectivity index (χ1v) is 35.1. The number of carbonyl (C=O) groups is 2. The van der Waals surface area contributed by atoms with Crippen LogP contribution in [0.1, 0.15) is 367 Å². The van der Waals surface area contributed by atoms with E-state index in [1.807, 2.05) is 6.08 Å². The number of esters is 1. The van der Waals surface area contributed by atoms with E-state index in [4.69, 9.17) is 4.74 Å². The molecule has 2 unspecified atom stereocenters. The summed E-state index contributed by atoms with van der Waals surface area (Å²) in [7, 11) is 0. The molecule has 462 valence electrons. The normalized spacial score (nSPS) is 12.9. The third kappa shape index (κ3) is 64.6. The lowest BCUT2D eigenvalue weighted by Gasteiger charge is -2.20. The molecule has 6 nitrogen and oxygen atoms in total. The lowest BCUT2D eigenvalue weighted by atomic mass is 10.0. The molecule has 79 heavy (non-hydrogen) atoms. The molecular formula is C73H135NO5. The molecule has 0 aromatic rings. The van der Waals surface area contributed by atoms with Gasteiger partial charge in [-0.2, -0.15) is 0 Å². The van der Waals surface area contributed by atoms with E-state index in [0.29, 0.717) is 19.4 Å². The summed E-state index contributed by atoms with van der Waals surface area (Å²) in [4.78, 5) is 24.6. The fourth-order valence-electron chi connectivity index (χ4n) is 10.6. The SMILES string of the molecule is CCCCCC/C=C\C/C=C\CCCCCCCC(=O)OCCCCCCCCCCC/C=C\C/C=C\CCCCCCCCCCCCCCCC(=O)NC(CO)C(O)/C=C/CCCCCCCCCCCCCCCCC. The topological polar surface area (TPSA) is 95.9 Å². The van der Waals surface area contributed by atoms with Gasteiger partial charge in [0.25, 0.3) is 0 Å². The maximum atomic E-state index is 12.5. The van der Waals surface area contributed by atoms with E-state index in [0.717, 1.165) is 57.8 Å². The van der Waals surface area contributed by atoms with Gasteiger partial charge in [-0.1, -0.05) is 319 Å². The molecule has 0 radical (unpaired) electrons. The van der Waals surface area contributed by atoms with Gasteiger partial charge in [-0.25, -0.2) is 0 Å². The molecule has 0 aromatic heterocycles. The zero-order valence-corrected chi connectivity index (χ0v) is 52.9. The molecule has 0 fully saturated rings. The number of nitrogens with one attached hydrogen (secondary N) is 1. The fraction of sp³-hybridized carbons (Fsp3) is 0.836. The van der Waals surface area contributed by atoms with Gasteiger partial charge in [0, 0.05) is 12.8 Å². The molecule has 0 aliphatic heterocycles. The van der Waals surface area contributed by atoms with Crippen LogP contribution in [0.2, 0.25) is 0 Å². The molecule has 0 spiro atoms.